The number of carbonyl (C=O) groups excluding carboxylic acids is 1. The van der Waals surface area contributed by atoms with Crippen molar-refractivity contribution < 1.29 is 14.6 Å². The number of fused-ring (bicyclic) bond motifs is 5. The summed E-state index contributed by atoms with van der Waals surface area (Å²) in [5, 5.41) is 10.5. The van der Waals surface area contributed by atoms with Crippen LogP contribution in [0.1, 0.15) is 184 Å². The number of allylic oxidation sites excluding steroid dienone is 5. The van der Waals surface area contributed by atoms with Gasteiger partial charge in [-0.25, -0.2) is 0 Å². The van der Waals surface area contributed by atoms with Crippen molar-refractivity contribution in [1.29, 1.82) is 0 Å². The number of amidine groups is 1. The molecule has 0 bridgehead atoms. The van der Waals surface area contributed by atoms with Crippen LogP contribution >= 0.6 is 0 Å². The Morgan fingerprint density at radius 1 is 0.984 bits per heavy atom. The summed E-state index contributed by atoms with van der Waals surface area (Å²) in [5.41, 5.74) is 8.32. The second-order valence-corrected chi connectivity index (χ2v) is 21.4. The average Bonchev–Trinajstić information content (AvgIpc) is 3.62. The van der Waals surface area contributed by atoms with Gasteiger partial charge in [-0.2, -0.15) is 0 Å². The maximum Gasteiger partial charge on any atom is 0.130 e. The van der Waals surface area contributed by atoms with Crippen LogP contribution in [-0.2, 0) is 9.53 Å². The van der Waals surface area contributed by atoms with E-state index in [1.807, 2.05) is 40.3 Å². The van der Waals surface area contributed by atoms with Crippen molar-refractivity contribution in [3.05, 3.63) is 83.7 Å². The lowest BCUT2D eigenvalue weighted by Gasteiger charge is -2.65. The van der Waals surface area contributed by atoms with Crippen LogP contribution in [0.5, 0.6) is 0 Å². The van der Waals surface area contributed by atoms with E-state index in [1.165, 1.54) is 68.9 Å². The number of carbonyl (C=O) groups is 1. The van der Waals surface area contributed by atoms with Gasteiger partial charge in [0.05, 0.1) is 11.9 Å². The molecule has 64 heavy (non-hydrogen) atoms. The lowest BCUT2D eigenvalue weighted by Crippen LogP contribution is -2.57. The lowest BCUT2D eigenvalue weighted by atomic mass is 9.40. The molecular formula is C58H99N3O3. The van der Waals surface area contributed by atoms with Crippen molar-refractivity contribution in [3.8, 4) is 0 Å². The predicted octanol–water partition coefficient (Wildman–Crippen LogP) is 14.4. The highest BCUT2D eigenvalue weighted by molar-refractivity contribution is 5.98. The van der Waals surface area contributed by atoms with Crippen molar-refractivity contribution in [3.63, 3.8) is 0 Å². The van der Waals surface area contributed by atoms with Gasteiger partial charge in [0.2, 0.25) is 0 Å². The predicted molar refractivity (Wildman–Crippen MR) is 278 cm³/mol. The molecule has 6 heteroatoms. The summed E-state index contributed by atoms with van der Waals surface area (Å²) < 4.78 is 6.37. The highest BCUT2D eigenvalue weighted by atomic mass is 16.5. The number of benzene rings is 1. The molecule has 2 N–H and O–H groups in total. The Hall–Kier alpha value is -2.96. The number of aliphatic hydroxyl groups excluding tert-OH is 1. The first-order chi connectivity index (χ1) is 30.4. The molecule has 5 rings (SSSR count). The first kappa shape index (κ1) is 57.2. The summed E-state index contributed by atoms with van der Waals surface area (Å²) in [6.45, 7) is 43.1. The molecule has 364 valence electrons. The van der Waals surface area contributed by atoms with Crippen molar-refractivity contribution in [2.45, 2.75) is 179 Å². The van der Waals surface area contributed by atoms with Crippen molar-refractivity contribution in [1.82, 2.24) is 10.2 Å². The minimum atomic E-state index is -0.436. The number of likely N-dealkylation sites (N-methyl/N-ethyl adjacent to an activating group) is 1. The van der Waals surface area contributed by atoms with Gasteiger partial charge in [-0.05, 0) is 153 Å². The number of rotatable bonds is 18. The Morgan fingerprint density at radius 2 is 1.62 bits per heavy atom. The molecule has 1 aromatic carbocycles. The second kappa shape index (κ2) is 25.8. The zero-order valence-electron chi connectivity index (χ0n) is 44.4. The van der Waals surface area contributed by atoms with E-state index in [0.29, 0.717) is 35.5 Å². The number of hydrogen-bond acceptors (Lipinski definition) is 5. The van der Waals surface area contributed by atoms with Crippen LogP contribution < -0.4 is 5.32 Å². The number of nitrogens with one attached hydrogen (secondary N) is 1. The number of ether oxygens (including phenoxy) is 1. The summed E-state index contributed by atoms with van der Waals surface area (Å²) in [6.07, 6.45) is 18.1. The minimum Gasteiger partial charge on any atom is -0.496 e. The molecule has 3 saturated carbocycles. The van der Waals surface area contributed by atoms with Gasteiger partial charge in [-0.3, -0.25) is 4.99 Å². The van der Waals surface area contributed by atoms with Crippen molar-refractivity contribution in [2.24, 2.45) is 56.2 Å². The quantitative estimate of drug-likeness (QED) is 0.0505. The summed E-state index contributed by atoms with van der Waals surface area (Å²) >= 11 is 0. The molecule has 0 radical (unpaired) electrons. The van der Waals surface area contributed by atoms with Gasteiger partial charge < -0.3 is 24.9 Å². The maximum absolute atomic E-state index is 11.6. The van der Waals surface area contributed by atoms with Crippen LogP contribution in [0.15, 0.2) is 77.5 Å². The van der Waals surface area contributed by atoms with E-state index in [9.17, 15) is 4.79 Å². The Labute approximate surface area is 395 Å². The number of aliphatic imine (C=N–C) groups is 1. The maximum atomic E-state index is 11.6. The van der Waals surface area contributed by atoms with Gasteiger partial charge >= 0.3 is 0 Å². The molecule has 0 amide bonds. The number of hydrogen-bond donors (Lipinski definition) is 2. The fourth-order valence-electron chi connectivity index (χ4n) is 13.1. The molecule has 4 aliphatic rings. The first-order valence-corrected chi connectivity index (χ1v) is 25.6. The molecule has 1 aromatic rings. The van der Waals surface area contributed by atoms with Crippen LogP contribution in [0.4, 0.5) is 0 Å². The highest BCUT2D eigenvalue weighted by Gasteiger charge is 2.62. The monoisotopic (exact) mass is 886 g/mol. The van der Waals surface area contributed by atoms with E-state index >= 15 is 0 Å². The van der Waals surface area contributed by atoms with E-state index in [2.05, 4.69) is 130 Å². The molecule has 0 saturated heterocycles. The Kier molecular flexibility index (Phi) is 23.1. The normalized spacial score (nSPS) is 28.6. The van der Waals surface area contributed by atoms with Gasteiger partial charge in [0.1, 0.15) is 12.1 Å². The third-order valence-corrected chi connectivity index (χ3v) is 16.3. The molecule has 3 fully saturated rings. The standard InChI is InChI=1S/C53H85N3O2.C2H6.C2H4.CH4O/c1-15-16-43-34-53(29-31-56(32-30-54-13)49(55-14)42-19-17-41(18-20-42)36(2)3)28-25-45-44(48(53)47(43)37(4)5)21-22-46-51(11,38(6)23-26-52(45,46)12)27-24-39(7)58-40(8)33-50(9,10)35-57;3*1-2/h16-20,35-39,44-46,54H,8,15,21-34H2,1-7,9-14H3;1-2H3;1-2H2;2H,1H3/b43-16-,55-49?;;;. The summed E-state index contributed by atoms with van der Waals surface area (Å²) in [4.78, 5) is 19.2. The van der Waals surface area contributed by atoms with Crippen LogP contribution in [0.3, 0.4) is 0 Å². The zero-order valence-corrected chi connectivity index (χ0v) is 44.4. The molecule has 0 aromatic heterocycles. The van der Waals surface area contributed by atoms with E-state index < -0.39 is 5.41 Å². The van der Waals surface area contributed by atoms with E-state index in [-0.39, 0.29) is 16.9 Å². The molecule has 8 unspecified atom stereocenters. The largest absolute Gasteiger partial charge is 0.496 e. The van der Waals surface area contributed by atoms with Crippen LogP contribution in [0.25, 0.3) is 0 Å². The van der Waals surface area contributed by atoms with Crippen LogP contribution in [0, 0.1) is 51.2 Å². The lowest BCUT2D eigenvalue weighted by molar-refractivity contribution is -0.140. The summed E-state index contributed by atoms with van der Waals surface area (Å²) in [5.74, 6) is 5.76. The van der Waals surface area contributed by atoms with Crippen molar-refractivity contribution in [2.75, 3.05) is 40.8 Å². The molecule has 0 heterocycles. The van der Waals surface area contributed by atoms with Gasteiger partial charge in [0, 0.05) is 51.2 Å². The number of nitrogens with zero attached hydrogens (tertiary/aromatic N) is 2. The third-order valence-electron chi connectivity index (χ3n) is 16.3. The summed E-state index contributed by atoms with van der Waals surface area (Å²) in [7, 11) is 5.06. The first-order valence-electron chi connectivity index (χ1n) is 25.6. The summed E-state index contributed by atoms with van der Waals surface area (Å²) in [6, 6.07) is 9.19. The molecule has 4 aliphatic carbocycles. The Balaban J connectivity index is 0.00000225. The van der Waals surface area contributed by atoms with Gasteiger partial charge in [-0.15, -0.1) is 13.2 Å². The Morgan fingerprint density at radius 3 is 2.17 bits per heavy atom. The fourth-order valence-corrected chi connectivity index (χ4v) is 13.1. The molecule has 0 spiro atoms. The SMILES string of the molecule is C=C.C=C(CC(C)(C)C=O)OC(C)CCC1(C)C(C)CCC2(C)C3CCC4(CCN(CCNC)C(=NC)c5ccc(C(C)C)cc5)C/C(=C/CC)C(C(C)C)=C4C3CCC12.CC.CO. The molecule has 6 nitrogen and oxygen atoms in total. The second-order valence-electron chi connectivity index (χ2n) is 21.4. The zero-order chi connectivity index (χ0) is 48.6. The number of aldehydes is 1. The van der Waals surface area contributed by atoms with Gasteiger partial charge in [0.15, 0.2) is 0 Å². The van der Waals surface area contributed by atoms with Gasteiger partial charge in [-0.1, -0.05) is 126 Å². The van der Waals surface area contributed by atoms with E-state index in [1.54, 1.807) is 11.1 Å². The van der Waals surface area contributed by atoms with E-state index in [4.69, 9.17) is 14.8 Å². The molecular weight excluding hydrogens is 787 g/mol. The third kappa shape index (κ3) is 12.9. The molecule has 8 atom stereocenters. The van der Waals surface area contributed by atoms with Crippen molar-refractivity contribution >= 4 is 12.1 Å². The smallest absolute Gasteiger partial charge is 0.130 e. The average molecular weight is 886 g/mol. The van der Waals surface area contributed by atoms with Crippen LogP contribution in [-0.4, -0.2) is 69.1 Å². The fraction of sp³-hybridized carbons (Fsp3) is 0.724. The topological polar surface area (TPSA) is 74.2 Å². The van der Waals surface area contributed by atoms with Crippen LogP contribution in [0.2, 0.25) is 0 Å². The molecule has 0 aliphatic heterocycles. The van der Waals surface area contributed by atoms with Gasteiger partial charge in [0.25, 0.3) is 0 Å². The minimum absolute atomic E-state index is 0.102. The highest BCUT2D eigenvalue weighted by Crippen LogP contribution is 2.71. The van der Waals surface area contributed by atoms with E-state index in [0.717, 1.165) is 69.3 Å². The Bertz CT molecular complexity index is 1690. The number of aliphatic hydroxyl groups is 1.